The lowest BCUT2D eigenvalue weighted by Crippen LogP contribution is -2.20. The molecule has 0 amide bonds. The summed E-state index contributed by atoms with van der Waals surface area (Å²) < 4.78 is 27.9. The zero-order valence-corrected chi connectivity index (χ0v) is 19.6. The molecule has 0 aliphatic carbocycles. The molecule has 0 radical (unpaired) electrons. The number of carbonyl (C=O) groups is 1. The second kappa shape index (κ2) is 12.1. The monoisotopic (exact) mass is 454 g/mol. The molecular weight excluding hydrogens is 427 g/mol. The Hall–Kier alpha value is -1.85. The van der Waals surface area contributed by atoms with Crippen LogP contribution in [0.2, 0.25) is 5.02 Å². The van der Waals surface area contributed by atoms with Crippen LogP contribution in [-0.4, -0.2) is 38.4 Å². The highest BCUT2D eigenvalue weighted by atomic mass is 35.5. The van der Waals surface area contributed by atoms with Crippen molar-refractivity contribution < 1.29 is 28.5 Å². The fourth-order valence-corrected chi connectivity index (χ4v) is 4.14. The van der Waals surface area contributed by atoms with Gasteiger partial charge in [-0.15, -0.1) is 0 Å². The molecule has 0 fully saturated rings. The summed E-state index contributed by atoms with van der Waals surface area (Å²) in [6.07, 6.45) is -0.891. The highest BCUT2D eigenvalue weighted by Crippen LogP contribution is 2.34. The van der Waals surface area contributed by atoms with E-state index >= 15 is 0 Å². The van der Waals surface area contributed by atoms with E-state index in [4.69, 9.17) is 35.3 Å². The van der Waals surface area contributed by atoms with E-state index in [-0.39, 0.29) is 14.1 Å². The molecule has 0 aliphatic heterocycles. The van der Waals surface area contributed by atoms with Gasteiger partial charge in [0.1, 0.15) is 17.2 Å². The molecule has 0 heterocycles. The predicted molar refractivity (Wildman–Crippen MR) is 120 cm³/mol. The Morgan fingerprint density at radius 3 is 2.30 bits per heavy atom. The first-order valence-electron chi connectivity index (χ1n) is 9.73. The number of rotatable bonds is 12. The molecule has 2 aromatic carbocycles. The first-order valence-corrected chi connectivity index (χ1v) is 11.1. The van der Waals surface area contributed by atoms with Gasteiger partial charge >= 0.3 is 0 Å². The minimum atomic E-state index is -0.483. The van der Waals surface area contributed by atoms with Crippen molar-refractivity contribution in [3.05, 3.63) is 47.0 Å². The summed E-state index contributed by atoms with van der Waals surface area (Å²) in [5.41, 5.74) is 0.205. The molecule has 0 bridgehead atoms. The lowest BCUT2D eigenvalue weighted by Gasteiger charge is -2.20. The van der Waals surface area contributed by atoms with Gasteiger partial charge in [0.05, 0.1) is 17.7 Å². The molecule has 30 heavy (non-hydrogen) atoms. The maximum absolute atomic E-state index is 13.0. The summed E-state index contributed by atoms with van der Waals surface area (Å²) in [7, 11) is 1.28. The molecule has 8 heteroatoms. The normalized spacial score (nSPS) is 13.3. The van der Waals surface area contributed by atoms with Crippen LogP contribution in [0.1, 0.15) is 38.1 Å². The van der Waals surface area contributed by atoms with Crippen LogP contribution < -0.4 is 19.5 Å². The minimum Gasteiger partial charge on any atom is -0.496 e. The molecule has 164 valence electrons. The number of hydrogen-bond donors (Lipinski definition) is 0. The quantitative estimate of drug-likeness (QED) is 0.331. The highest BCUT2D eigenvalue weighted by molar-refractivity contribution is 7.66. The predicted octanol–water partition coefficient (Wildman–Crippen LogP) is 5.02. The van der Waals surface area contributed by atoms with Crippen LogP contribution in [0, 0.1) is 0 Å². The number of methoxy groups -OCH3 is 1. The fourth-order valence-electron chi connectivity index (χ4n) is 2.76. The Morgan fingerprint density at radius 1 is 1.00 bits per heavy atom. The van der Waals surface area contributed by atoms with Gasteiger partial charge in [0, 0.05) is 24.6 Å². The van der Waals surface area contributed by atoms with Crippen molar-refractivity contribution in [2.75, 3.05) is 20.3 Å². The third-order valence-corrected chi connectivity index (χ3v) is 5.50. The second-order valence-corrected chi connectivity index (χ2v) is 7.86. The van der Waals surface area contributed by atoms with E-state index in [0.717, 1.165) is 0 Å². The summed E-state index contributed by atoms with van der Waals surface area (Å²) in [5, 5.41) is 1.06. The summed E-state index contributed by atoms with van der Waals surface area (Å²) in [4.78, 5) is 13.0. The van der Waals surface area contributed by atoms with Gasteiger partial charge in [-0.2, -0.15) is 0 Å². The minimum absolute atomic E-state index is 0.150. The Morgan fingerprint density at radius 2 is 1.67 bits per heavy atom. The molecule has 0 saturated carbocycles. The number of benzene rings is 2. The lowest BCUT2D eigenvalue weighted by molar-refractivity contribution is -0.0646. The molecule has 2 aromatic rings. The van der Waals surface area contributed by atoms with Crippen LogP contribution >= 0.6 is 20.2 Å². The van der Waals surface area contributed by atoms with Crippen molar-refractivity contribution >= 4 is 31.0 Å². The molecule has 3 atom stereocenters. The van der Waals surface area contributed by atoms with Crippen LogP contribution in [0.25, 0.3) is 0 Å². The highest BCUT2D eigenvalue weighted by Gasteiger charge is 2.20. The smallest absolute Gasteiger partial charge is 0.196 e. The molecule has 0 aromatic heterocycles. The van der Waals surface area contributed by atoms with Crippen molar-refractivity contribution in [3.8, 4) is 17.2 Å². The number of hydrogen-bond acceptors (Lipinski definition) is 6. The summed E-state index contributed by atoms with van der Waals surface area (Å²) in [6, 6.07) is 10.5. The fraction of sp³-hybridized carbons (Fsp3) is 0.409. The SMILES string of the molecule is CCOC(C)Oc1ccc(PC(=O)c2c(Cl)cccc2OC)c(OC(C)OCC)c1. The van der Waals surface area contributed by atoms with Gasteiger partial charge in [-0.05, 0) is 60.5 Å². The Labute approximate surface area is 184 Å². The van der Waals surface area contributed by atoms with Crippen molar-refractivity contribution in [3.63, 3.8) is 0 Å². The van der Waals surface area contributed by atoms with Crippen LogP contribution in [0.5, 0.6) is 17.2 Å². The van der Waals surface area contributed by atoms with Crippen LogP contribution in [-0.2, 0) is 9.47 Å². The van der Waals surface area contributed by atoms with E-state index in [1.54, 1.807) is 37.3 Å². The van der Waals surface area contributed by atoms with E-state index in [1.165, 1.54) is 7.11 Å². The van der Waals surface area contributed by atoms with Crippen LogP contribution in [0.3, 0.4) is 0 Å². The van der Waals surface area contributed by atoms with Gasteiger partial charge < -0.3 is 23.7 Å². The first kappa shape index (κ1) is 24.4. The summed E-state index contributed by atoms with van der Waals surface area (Å²) in [5.74, 6) is 1.52. The third-order valence-electron chi connectivity index (χ3n) is 4.02. The summed E-state index contributed by atoms with van der Waals surface area (Å²) in [6.45, 7) is 8.45. The third kappa shape index (κ3) is 6.85. The van der Waals surface area contributed by atoms with Gasteiger partial charge in [-0.3, -0.25) is 4.79 Å². The number of halogens is 1. The van der Waals surface area contributed by atoms with Gasteiger partial charge in [0.2, 0.25) is 0 Å². The van der Waals surface area contributed by atoms with Gasteiger partial charge in [0.25, 0.3) is 0 Å². The average molecular weight is 455 g/mol. The van der Waals surface area contributed by atoms with E-state index < -0.39 is 12.6 Å². The van der Waals surface area contributed by atoms with E-state index in [1.807, 2.05) is 26.8 Å². The standard InChI is InChI=1S/C22H28ClO6P/c1-6-26-14(3)28-16-11-12-20(19(13-16)29-15(4)27-7-2)30-22(24)21-17(23)9-8-10-18(21)25-5/h8-15,30H,6-7H2,1-5H3. The molecule has 0 saturated heterocycles. The van der Waals surface area contributed by atoms with Crippen LogP contribution in [0.15, 0.2) is 36.4 Å². The van der Waals surface area contributed by atoms with E-state index in [9.17, 15) is 4.79 Å². The van der Waals surface area contributed by atoms with Gasteiger partial charge in [-0.1, -0.05) is 17.7 Å². The topological polar surface area (TPSA) is 63.2 Å². The molecule has 0 aliphatic rings. The Kier molecular flexibility index (Phi) is 9.86. The zero-order chi connectivity index (χ0) is 22.1. The molecule has 0 N–H and O–H groups in total. The summed E-state index contributed by atoms with van der Waals surface area (Å²) >= 11 is 6.27. The molecule has 3 unspecified atom stereocenters. The maximum atomic E-state index is 13.0. The van der Waals surface area contributed by atoms with Crippen molar-refractivity contribution in [1.82, 2.24) is 0 Å². The second-order valence-electron chi connectivity index (χ2n) is 6.21. The van der Waals surface area contributed by atoms with E-state index in [0.29, 0.717) is 46.4 Å². The van der Waals surface area contributed by atoms with Crippen molar-refractivity contribution in [1.29, 1.82) is 0 Å². The van der Waals surface area contributed by atoms with Gasteiger partial charge in [-0.25, -0.2) is 0 Å². The van der Waals surface area contributed by atoms with Crippen molar-refractivity contribution in [2.24, 2.45) is 0 Å². The first-order chi connectivity index (χ1) is 14.4. The lowest BCUT2D eigenvalue weighted by atomic mass is 10.2. The Bertz CT molecular complexity index is 844. The maximum Gasteiger partial charge on any atom is 0.196 e. The largest absolute Gasteiger partial charge is 0.496 e. The number of ether oxygens (including phenoxy) is 5. The molecule has 2 rings (SSSR count). The van der Waals surface area contributed by atoms with Crippen molar-refractivity contribution in [2.45, 2.75) is 40.3 Å². The zero-order valence-electron chi connectivity index (χ0n) is 17.9. The Balaban J connectivity index is 2.32. The molecular formula is C22H28ClO6P. The molecule has 0 spiro atoms. The number of carbonyl (C=O) groups excluding carboxylic acids is 1. The van der Waals surface area contributed by atoms with Crippen LogP contribution in [0.4, 0.5) is 0 Å². The average Bonchev–Trinajstić information content (AvgIpc) is 2.69. The van der Waals surface area contributed by atoms with E-state index in [2.05, 4.69) is 0 Å². The molecule has 6 nitrogen and oxygen atoms in total. The van der Waals surface area contributed by atoms with Gasteiger partial charge in [0.15, 0.2) is 18.1 Å².